The molecule has 0 saturated carbocycles. The molecule has 2 N–H and O–H groups in total. The first-order valence-electron chi connectivity index (χ1n) is 6.32. The first kappa shape index (κ1) is 12.9. The Morgan fingerprint density at radius 3 is 3.00 bits per heavy atom. The van der Waals surface area contributed by atoms with Crippen LogP contribution >= 0.6 is 0 Å². The van der Waals surface area contributed by atoms with Gasteiger partial charge in [-0.05, 0) is 42.5 Å². The predicted molar refractivity (Wildman–Crippen MR) is 66.7 cm³/mol. The lowest BCUT2D eigenvalue weighted by Gasteiger charge is -2.11. The second-order valence-electron chi connectivity index (χ2n) is 4.62. The number of ether oxygens (including phenoxy) is 1. The highest BCUT2D eigenvalue weighted by Gasteiger charge is 2.15. The largest absolute Gasteiger partial charge is 0.493 e. The predicted octanol–water partition coefficient (Wildman–Crippen LogP) is 2.30. The maximum Gasteiger partial charge on any atom is 0.303 e. The summed E-state index contributed by atoms with van der Waals surface area (Å²) in [6.45, 7) is 0.716. The minimum Gasteiger partial charge on any atom is -0.493 e. The highest BCUT2D eigenvalue weighted by Crippen LogP contribution is 2.29. The fourth-order valence-corrected chi connectivity index (χ4v) is 2.19. The van der Waals surface area contributed by atoms with Crippen molar-refractivity contribution in [2.75, 3.05) is 6.61 Å². The van der Waals surface area contributed by atoms with Gasteiger partial charge in [0.25, 0.3) is 0 Å². The van der Waals surface area contributed by atoms with Crippen molar-refractivity contribution in [1.29, 1.82) is 0 Å². The molecule has 1 aromatic carbocycles. The number of carbonyl (C=O) groups is 1. The minimum absolute atomic E-state index is 0.171. The Kier molecular flexibility index (Phi) is 4.20. The smallest absolute Gasteiger partial charge is 0.303 e. The number of unbranched alkanes of at least 4 members (excludes halogenated alkanes) is 1. The number of carboxylic acid groups (broad SMARTS) is 1. The average Bonchev–Trinajstić information content (AvgIpc) is 2.81. The van der Waals surface area contributed by atoms with Crippen LogP contribution in [0.15, 0.2) is 18.2 Å². The zero-order valence-corrected chi connectivity index (χ0v) is 10.3. The van der Waals surface area contributed by atoms with E-state index in [4.69, 9.17) is 9.84 Å². The molecule has 1 unspecified atom stereocenters. The molecule has 0 fully saturated rings. The molecule has 18 heavy (non-hydrogen) atoms. The summed E-state index contributed by atoms with van der Waals surface area (Å²) >= 11 is 0. The number of aliphatic hydroxyl groups excluding tert-OH is 1. The van der Waals surface area contributed by atoms with Crippen LogP contribution in [0, 0.1) is 0 Å². The molecule has 0 amide bonds. The number of hydrogen-bond acceptors (Lipinski definition) is 3. The molecule has 1 aliphatic rings. The van der Waals surface area contributed by atoms with Gasteiger partial charge in [0.15, 0.2) is 0 Å². The fraction of sp³-hybridized carbons (Fsp3) is 0.500. The van der Waals surface area contributed by atoms with E-state index < -0.39 is 12.1 Å². The third kappa shape index (κ3) is 3.23. The van der Waals surface area contributed by atoms with Crippen LogP contribution in [-0.4, -0.2) is 22.8 Å². The lowest BCUT2D eigenvalue weighted by molar-refractivity contribution is -0.137. The highest BCUT2D eigenvalue weighted by molar-refractivity contribution is 5.66. The summed E-state index contributed by atoms with van der Waals surface area (Å²) in [5, 5.41) is 18.6. The van der Waals surface area contributed by atoms with Gasteiger partial charge in [-0.2, -0.15) is 0 Å². The van der Waals surface area contributed by atoms with Crippen LogP contribution in [0.2, 0.25) is 0 Å². The SMILES string of the molecule is O=C(O)CCCCC(O)c1ccc2c(c1)CCO2. The van der Waals surface area contributed by atoms with Crippen LogP contribution in [0.3, 0.4) is 0 Å². The van der Waals surface area contributed by atoms with Crippen LogP contribution in [0.5, 0.6) is 5.75 Å². The number of rotatable bonds is 6. The fourth-order valence-electron chi connectivity index (χ4n) is 2.19. The average molecular weight is 250 g/mol. The van der Waals surface area contributed by atoms with Crippen molar-refractivity contribution < 1.29 is 19.7 Å². The summed E-state index contributed by atoms with van der Waals surface area (Å²) in [6.07, 6.45) is 2.50. The van der Waals surface area contributed by atoms with E-state index in [1.54, 1.807) is 0 Å². The molecular weight excluding hydrogens is 232 g/mol. The first-order chi connectivity index (χ1) is 8.66. The van der Waals surface area contributed by atoms with Gasteiger partial charge in [-0.15, -0.1) is 0 Å². The van der Waals surface area contributed by atoms with Crippen LogP contribution in [-0.2, 0) is 11.2 Å². The van der Waals surface area contributed by atoms with E-state index in [1.807, 2.05) is 18.2 Å². The van der Waals surface area contributed by atoms with Crippen LogP contribution in [0.25, 0.3) is 0 Å². The van der Waals surface area contributed by atoms with Gasteiger partial charge in [0.1, 0.15) is 5.75 Å². The van der Waals surface area contributed by atoms with E-state index in [0.717, 1.165) is 29.7 Å². The lowest BCUT2D eigenvalue weighted by atomic mass is 10.0. The van der Waals surface area contributed by atoms with Crippen molar-refractivity contribution in [3.05, 3.63) is 29.3 Å². The molecule has 0 aliphatic carbocycles. The maximum absolute atomic E-state index is 10.4. The summed E-state index contributed by atoms with van der Waals surface area (Å²) in [5.41, 5.74) is 2.05. The molecular formula is C14H18O4. The van der Waals surface area contributed by atoms with E-state index in [9.17, 15) is 9.90 Å². The van der Waals surface area contributed by atoms with E-state index in [0.29, 0.717) is 19.4 Å². The van der Waals surface area contributed by atoms with E-state index >= 15 is 0 Å². The molecule has 0 spiro atoms. The molecule has 1 aromatic rings. The monoisotopic (exact) mass is 250 g/mol. The molecule has 0 aromatic heterocycles. The van der Waals surface area contributed by atoms with Gasteiger partial charge in [-0.3, -0.25) is 4.79 Å². The summed E-state index contributed by atoms with van der Waals surface area (Å²) in [7, 11) is 0. The molecule has 1 heterocycles. The Labute approximate surface area is 106 Å². The number of benzene rings is 1. The van der Waals surface area contributed by atoms with Crippen molar-refractivity contribution in [2.24, 2.45) is 0 Å². The Balaban J connectivity index is 1.85. The van der Waals surface area contributed by atoms with Crippen molar-refractivity contribution in [3.63, 3.8) is 0 Å². The molecule has 1 atom stereocenters. The number of carboxylic acids is 1. The van der Waals surface area contributed by atoms with Gasteiger partial charge >= 0.3 is 5.97 Å². The van der Waals surface area contributed by atoms with Gasteiger partial charge in [0.2, 0.25) is 0 Å². The first-order valence-corrected chi connectivity index (χ1v) is 6.32. The Morgan fingerprint density at radius 1 is 1.39 bits per heavy atom. The molecule has 98 valence electrons. The van der Waals surface area contributed by atoms with Crippen LogP contribution in [0.1, 0.15) is 42.9 Å². The molecule has 1 aliphatic heterocycles. The van der Waals surface area contributed by atoms with E-state index in [1.165, 1.54) is 0 Å². The molecule has 0 radical (unpaired) electrons. The number of aliphatic carboxylic acids is 1. The summed E-state index contributed by atoms with van der Waals surface area (Å²) < 4.78 is 5.41. The Bertz CT molecular complexity index is 428. The van der Waals surface area contributed by atoms with Gasteiger partial charge < -0.3 is 14.9 Å². The third-order valence-electron chi connectivity index (χ3n) is 3.22. The molecule has 0 bridgehead atoms. The second-order valence-corrected chi connectivity index (χ2v) is 4.62. The summed E-state index contributed by atoms with van der Waals surface area (Å²) in [4.78, 5) is 10.4. The van der Waals surface area contributed by atoms with Gasteiger partial charge in [0, 0.05) is 12.8 Å². The lowest BCUT2D eigenvalue weighted by Crippen LogP contribution is -1.99. The second kappa shape index (κ2) is 5.87. The van der Waals surface area contributed by atoms with Crippen molar-refractivity contribution in [3.8, 4) is 5.75 Å². The van der Waals surface area contributed by atoms with Crippen molar-refractivity contribution in [2.45, 2.75) is 38.2 Å². The van der Waals surface area contributed by atoms with Crippen LogP contribution in [0.4, 0.5) is 0 Å². The topological polar surface area (TPSA) is 66.8 Å². The van der Waals surface area contributed by atoms with E-state index in [2.05, 4.69) is 0 Å². The van der Waals surface area contributed by atoms with Crippen molar-refractivity contribution >= 4 is 5.97 Å². The van der Waals surface area contributed by atoms with E-state index in [-0.39, 0.29) is 6.42 Å². The summed E-state index contributed by atoms with van der Waals surface area (Å²) in [6, 6.07) is 5.77. The highest BCUT2D eigenvalue weighted by atomic mass is 16.5. The Morgan fingerprint density at radius 2 is 2.22 bits per heavy atom. The normalized spacial score (nSPS) is 14.9. The van der Waals surface area contributed by atoms with Gasteiger partial charge in [-0.1, -0.05) is 6.07 Å². The maximum atomic E-state index is 10.4. The quantitative estimate of drug-likeness (QED) is 0.760. The summed E-state index contributed by atoms with van der Waals surface area (Å²) in [5.74, 6) is 0.135. The zero-order valence-electron chi connectivity index (χ0n) is 10.3. The molecule has 2 rings (SSSR count). The number of hydrogen-bond donors (Lipinski definition) is 2. The molecule has 0 saturated heterocycles. The number of aliphatic hydroxyl groups is 1. The van der Waals surface area contributed by atoms with Gasteiger partial charge in [0.05, 0.1) is 12.7 Å². The zero-order chi connectivity index (χ0) is 13.0. The molecule has 4 heteroatoms. The number of fused-ring (bicyclic) bond motifs is 1. The van der Waals surface area contributed by atoms with Crippen LogP contribution < -0.4 is 4.74 Å². The van der Waals surface area contributed by atoms with Crippen molar-refractivity contribution in [1.82, 2.24) is 0 Å². The molecule has 4 nitrogen and oxygen atoms in total. The van der Waals surface area contributed by atoms with Gasteiger partial charge in [-0.25, -0.2) is 0 Å². The minimum atomic E-state index is -0.779. The standard InChI is InChI=1S/C14H18O4/c15-12(3-1-2-4-14(16)17)10-5-6-13-11(9-10)7-8-18-13/h5-6,9,12,15H,1-4,7-8H2,(H,16,17). The Hall–Kier alpha value is -1.55. The third-order valence-corrected chi connectivity index (χ3v) is 3.22.